The van der Waals surface area contributed by atoms with Gasteiger partial charge >= 0.3 is 0 Å². The van der Waals surface area contributed by atoms with Gasteiger partial charge in [0.2, 0.25) is 0 Å². The van der Waals surface area contributed by atoms with Crippen LogP contribution in [0.5, 0.6) is 5.75 Å². The molecular formula is C20H32O2. The molecule has 0 aliphatic rings. The SMILES string of the molecule is CCC(C)CCCCCCCC(=O)COc1ccc(C)cc1. The molecule has 1 unspecified atom stereocenters. The van der Waals surface area contributed by atoms with Gasteiger partial charge in [-0.25, -0.2) is 0 Å². The number of ether oxygens (including phenoxy) is 1. The molecule has 1 aromatic carbocycles. The Bertz CT molecular complexity index is 408. The van der Waals surface area contributed by atoms with E-state index in [4.69, 9.17) is 4.74 Å². The van der Waals surface area contributed by atoms with Gasteiger partial charge in [-0.3, -0.25) is 4.79 Å². The molecule has 2 nitrogen and oxygen atoms in total. The summed E-state index contributed by atoms with van der Waals surface area (Å²) in [6.07, 6.45) is 9.34. The van der Waals surface area contributed by atoms with Crippen molar-refractivity contribution in [2.45, 2.75) is 72.1 Å². The van der Waals surface area contributed by atoms with Crippen molar-refractivity contribution in [2.24, 2.45) is 5.92 Å². The summed E-state index contributed by atoms with van der Waals surface area (Å²) >= 11 is 0. The second-order valence-electron chi connectivity index (χ2n) is 6.46. The van der Waals surface area contributed by atoms with Crippen molar-refractivity contribution in [3.8, 4) is 5.75 Å². The lowest BCUT2D eigenvalue weighted by Gasteiger charge is -2.07. The van der Waals surface area contributed by atoms with E-state index in [1.807, 2.05) is 31.2 Å². The third kappa shape index (κ3) is 8.86. The van der Waals surface area contributed by atoms with Crippen molar-refractivity contribution in [1.82, 2.24) is 0 Å². The van der Waals surface area contributed by atoms with Crippen LogP contribution < -0.4 is 4.74 Å². The molecule has 124 valence electrons. The van der Waals surface area contributed by atoms with Crippen molar-refractivity contribution in [3.63, 3.8) is 0 Å². The smallest absolute Gasteiger partial charge is 0.170 e. The first-order valence-electron chi connectivity index (χ1n) is 8.83. The van der Waals surface area contributed by atoms with Crippen LogP contribution in [0, 0.1) is 12.8 Å². The average molecular weight is 304 g/mol. The van der Waals surface area contributed by atoms with Crippen LogP contribution in [0.3, 0.4) is 0 Å². The maximum atomic E-state index is 11.8. The zero-order valence-corrected chi connectivity index (χ0v) is 14.6. The first-order valence-corrected chi connectivity index (χ1v) is 8.83. The van der Waals surface area contributed by atoms with Gasteiger partial charge in [0.1, 0.15) is 12.4 Å². The van der Waals surface area contributed by atoms with E-state index in [0.717, 1.165) is 24.5 Å². The molecule has 0 amide bonds. The largest absolute Gasteiger partial charge is 0.486 e. The second-order valence-corrected chi connectivity index (χ2v) is 6.46. The van der Waals surface area contributed by atoms with E-state index < -0.39 is 0 Å². The Morgan fingerprint density at radius 3 is 2.36 bits per heavy atom. The Balaban J connectivity index is 1.98. The van der Waals surface area contributed by atoms with Crippen molar-refractivity contribution >= 4 is 5.78 Å². The molecule has 0 bridgehead atoms. The monoisotopic (exact) mass is 304 g/mol. The van der Waals surface area contributed by atoms with Crippen LogP contribution in [0.1, 0.15) is 70.8 Å². The van der Waals surface area contributed by atoms with Gasteiger partial charge in [0, 0.05) is 6.42 Å². The van der Waals surface area contributed by atoms with Crippen molar-refractivity contribution in [2.75, 3.05) is 6.61 Å². The number of Topliss-reactive ketones (excluding diaryl/α,β-unsaturated/α-hetero) is 1. The molecule has 0 fully saturated rings. The lowest BCUT2D eigenvalue weighted by atomic mass is 10.00. The lowest BCUT2D eigenvalue weighted by molar-refractivity contribution is -0.121. The molecule has 2 heteroatoms. The summed E-state index contributed by atoms with van der Waals surface area (Å²) in [6, 6.07) is 7.83. The predicted molar refractivity (Wildman–Crippen MR) is 93.5 cm³/mol. The van der Waals surface area contributed by atoms with Crippen LogP contribution in [-0.2, 0) is 4.79 Å². The number of hydrogen-bond acceptors (Lipinski definition) is 2. The van der Waals surface area contributed by atoms with Crippen LogP contribution >= 0.6 is 0 Å². The molecule has 22 heavy (non-hydrogen) atoms. The minimum Gasteiger partial charge on any atom is -0.486 e. The Hall–Kier alpha value is -1.31. The van der Waals surface area contributed by atoms with Gasteiger partial charge in [-0.1, -0.05) is 70.1 Å². The summed E-state index contributed by atoms with van der Waals surface area (Å²) in [4.78, 5) is 11.8. The van der Waals surface area contributed by atoms with Crippen molar-refractivity contribution < 1.29 is 9.53 Å². The molecule has 1 aromatic rings. The first-order chi connectivity index (χ1) is 10.6. The molecule has 0 heterocycles. The summed E-state index contributed by atoms with van der Waals surface area (Å²) in [5, 5.41) is 0. The molecule has 0 aromatic heterocycles. The highest BCUT2D eigenvalue weighted by Crippen LogP contribution is 2.14. The van der Waals surface area contributed by atoms with Gasteiger partial charge in [0.25, 0.3) is 0 Å². The molecule has 0 radical (unpaired) electrons. The third-order valence-corrected chi connectivity index (χ3v) is 4.27. The fourth-order valence-corrected chi connectivity index (χ4v) is 2.42. The van der Waals surface area contributed by atoms with E-state index in [1.165, 1.54) is 37.7 Å². The van der Waals surface area contributed by atoms with Crippen LogP contribution in [0.25, 0.3) is 0 Å². The van der Waals surface area contributed by atoms with Gasteiger partial charge < -0.3 is 4.74 Å². The van der Waals surface area contributed by atoms with Crippen LogP contribution in [0.4, 0.5) is 0 Å². The van der Waals surface area contributed by atoms with E-state index >= 15 is 0 Å². The second kappa shape index (κ2) is 11.3. The maximum Gasteiger partial charge on any atom is 0.170 e. The third-order valence-electron chi connectivity index (χ3n) is 4.27. The highest BCUT2D eigenvalue weighted by Gasteiger charge is 2.04. The van der Waals surface area contributed by atoms with Gasteiger partial charge in [-0.05, 0) is 31.4 Å². The van der Waals surface area contributed by atoms with Crippen LogP contribution in [-0.4, -0.2) is 12.4 Å². The minimum absolute atomic E-state index is 0.205. The van der Waals surface area contributed by atoms with Gasteiger partial charge in [0.05, 0.1) is 0 Å². The summed E-state index contributed by atoms with van der Waals surface area (Å²) < 4.78 is 5.51. The summed E-state index contributed by atoms with van der Waals surface area (Å²) in [5.41, 5.74) is 1.20. The highest BCUT2D eigenvalue weighted by molar-refractivity contribution is 5.79. The van der Waals surface area contributed by atoms with E-state index in [0.29, 0.717) is 6.42 Å². The normalized spacial score (nSPS) is 12.1. The van der Waals surface area contributed by atoms with Crippen molar-refractivity contribution in [3.05, 3.63) is 29.8 Å². The average Bonchev–Trinajstić information content (AvgIpc) is 2.53. The quantitative estimate of drug-likeness (QED) is 0.462. The Labute approximate surface area is 136 Å². The molecule has 1 atom stereocenters. The standard InChI is InChI=1S/C20H32O2/c1-4-17(2)10-8-6-5-7-9-11-19(21)16-22-20-14-12-18(3)13-15-20/h12-15,17H,4-11,16H2,1-3H3. The van der Waals surface area contributed by atoms with Gasteiger partial charge in [0.15, 0.2) is 5.78 Å². The Morgan fingerprint density at radius 1 is 1.05 bits per heavy atom. The minimum atomic E-state index is 0.205. The number of unbranched alkanes of at least 4 members (excludes halogenated alkanes) is 4. The predicted octanol–water partition coefficient (Wildman–Crippen LogP) is 5.72. The van der Waals surface area contributed by atoms with E-state index in [2.05, 4.69) is 13.8 Å². The molecule has 1 rings (SSSR count). The molecule has 0 aliphatic heterocycles. The number of carbonyl (C=O) groups is 1. The number of rotatable bonds is 12. The van der Waals surface area contributed by atoms with Crippen LogP contribution in [0.15, 0.2) is 24.3 Å². The molecule has 0 aliphatic carbocycles. The Morgan fingerprint density at radius 2 is 1.68 bits per heavy atom. The number of aryl methyl sites for hydroxylation is 1. The number of carbonyl (C=O) groups excluding carboxylic acids is 1. The lowest BCUT2D eigenvalue weighted by Crippen LogP contribution is -2.10. The molecule has 0 N–H and O–H groups in total. The fourth-order valence-electron chi connectivity index (χ4n) is 2.42. The zero-order chi connectivity index (χ0) is 16.2. The highest BCUT2D eigenvalue weighted by atomic mass is 16.5. The molecular weight excluding hydrogens is 272 g/mol. The zero-order valence-electron chi connectivity index (χ0n) is 14.6. The van der Waals surface area contributed by atoms with E-state index in [9.17, 15) is 4.79 Å². The fraction of sp³-hybridized carbons (Fsp3) is 0.650. The van der Waals surface area contributed by atoms with Gasteiger partial charge in [-0.2, -0.15) is 0 Å². The topological polar surface area (TPSA) is 26.3 Å². The summed E-state index contributed by atoms with van der Waals surface area (Å²) in [5.74, 6) is 1.85. The molecule has 0 saturated heterocycles. The maximum absolute atomic E-state index is 11.8. The molecule has 0 spiro atoms. The van der Waals surface area contributed by atoms with Crippen molar-refractivity contribution in [1.29, 1.82) is 0 Å². The van der Waals surface area contributed by atoms with E-state index in [-0.39, 0.29) is 12.4 Å². The number of hydrogen-bond donors (Lipinski definition) is 0. The number of ketones is 1. The van der Waals surface area contributed by atoms with E-state index in [1.54, 1.807) is 0 Å². The number of benzene rings is 1. The first kappa shape index (κ1) is 18.7. The van der Waals surface area contributed by atoms with Crippen LogP contribution in [0.2, 0.25) is 0 Å². The van der Waals surface area contributed by atoms with Gasteiger partial charge in [-0.15, -0.1) is 0 Å². The molecule has 0 saturated carbocycles. The summed E-state index contributed by atoms with van der Waals surface area (Å²) in [6.45, 7) is 6.83. The Kier molecular flexibility index (Phi) is 9.61. The summed E-state index contributed by atoms with van der Waals surface area (Å²) in [7, 11) is 0.